The minimum Gasteiger partial charge on any atom is -0.336 e. The number of hydrogen-bond acceptors (Lipinski definition) is 4. The number of hydrogen-bond donors (Lipinski definition) is 0. The van der Waals surface area contributed by atoms with Crippen LogP contribution in [0, 0.1) is 11.7 Å². The van der Waals surface area contributed by atoms with Gasteiger partial charge in [-0.15, -0.1) is 10.2 Å². The normalized spacial score (nSPS) is 21.0. The van der Waals surface area contributed by atoms with Crippen molar-refractivity contribution in [3.05, 3.63) is 66.0 Å². The first kappa shape index (κ1) is 16.1. The number of aromatic nitrogens is 4. The Labute approximate surface area is 155 Å². The topological polar surface area (TPSA) is 63.9 Å². The van der Waals surface area contributed by atoms with Gasteiger partial charge in [-0.3, -0.25) is 9.78 Å². The number of fused-ring (bicyclic) bond motifs is 3. The second-order valence-corrected chi connectivity index (χ2v) is 7.10. The van der Waals surface area contributed by atoms with Gasteiger partial charge in [0, 0.05) is 37.5 Å². The van der Waals surface area contributed by atoms with Crippen LogP contribution in [0.25, 0.3) is 11.4 Å². The summed E-state index contributed by atoms with van der Waals surface area (Å²) in [6.07, 6.45) is 5.26. The quantitative estimate of drug-likeness (QED) is 0.702. The largest absolute Gasteiger partial charge is 0.336 e. The number of halogens is 1. The molecule has 136 valence electrons. The van der Waals surface area contributed by atoms with Crippen molar-refractivity contribution in [3.8, 4) is 11.4 Å². The average Bonchev–Trinajstić information content (AvgIpc) is 3.32. The summed E-state index contributed by atoms with van der Waals surface area (Å²) in [7, 11) is 0. The molecule has 0 saturated carbocycles. The van der Waals surface area contributed by atoms with E-state index in [2.05, 4.69) is 19.7 Å². The van der Waals surface area contributed by atoms with Gasteiger partial charge in [-0.1, -0.05) is 12.1 Å². The molecule has 2 aliphatic heterocycles. The Morgan fingerprint density at radius 2 is 1.89 bits per heavy atom. The molecule has 0 bridgehead atoms. The number of aryl methyl sites for hydroxylation is 1. The van der Waals surface area contributed by atoms with Crippen molar-refractivity contribution < 1.29 is 9.18 Å². The van der Waals surface area contributed by atoms with Gasteiger partial charge in [0.15, 0.2) is 5.82 Å². The molecule has 0 aliphatic carbocycles. The number of amides is 1. The Kier molecular flexibility index (Phi) is 3.74. The number of pyridine rings is 1. The Hall–Kier alpha value is -3.09. The number of nitrogens with zero attached hydrogens (tertiary/aromatic N) is 5. The summed E-state index contributed by atoms with van der Waals surface area (Å²) in [6.45, 7) is 1.17. The summed E-state index contributed by atoms with van der Waals surface area (Å²) in [6, 6.07) is 10.1. The second-order valence-electron chi connectivity index (χ2n) is 7.10. The molecule has 3 aromatic rings. The van der Waals surface area contributed by atoms with Crippen LogP contribution in [0.5, 0.6) is 0 Å². The zero-order valence-corrected chi connectivity index (χ0v) is 14.6. The van der Waals surface area contributed by atoms with Crippen LogP contribution in [-0.4, -0.2) is 43.6 Å². The molecule has 1 fully saturated rings. The number of rotatable bonds is 2. The monoisotopic (exact) mass is 363 g/mol. The van der Waals surface area contributed by atoms with Crippen LogP contribution in [0.1, 0.15) is 28.6 Å². The lowest BCUT2D eigenvalue weighted by Crippen LogP contribution is -2.30. The summed E-state index contributed by atoms with van der Waals surface area (Å²) < 4.78 is 16.2. The Balaban J connectivity index is 1.48. The Bertz CT molecular complexity index is 1000. The summed E-state index contributed by atoms with van der Waals surface area (Å²) >= 11 is 0. The average molecular weight is 363 g/mol. The molecule has 0 spiro atoms. The van der Waals surface area contributed by atoms with E-state index in [4.69, 9.17) is 0 Å². The van der Waals surface area contributed by atoms with E-state index in [1.54, 1.807) is 35.5 Å². The minimum absolute atomic E-state index is 0.114. The van der Waals surface area contributed by atoms with Crippen LogP contribution in [-0.2, 0) is 6.42 Å². The standard InChI is InChI=1S/C20H18FN5O/c21-16-4-2-1-3-15(16)20(27)25-11-14-5-6-18-23-24-19(26(18)17(14)12-25)13-7-9-22-10-8-13/h1-4,7-10,14,17H,5-6,11-12H2/t14-,17+/m1/s1. The number of likely N-dealkylation sites (tertiary alicyclic amines) is 1. The molecule has 0 N–H and O–H groups in total. The fourth-order valence-corrected chi connectivity index (χ4v) is 4.26. The highest BCUT2D eigenvalue weighted by atomic mass is 19.1. The van der Waals surface area contributed by atoms with Gasteiger partial charge in [0.1, 0.15) is 11.6 Å². The van der Waals surface area contributed by atoms with Gasteiger partial charge < -0.3 is 9.47 Å². The lowest BCUT2D eigenvalue weighted by molar-refractivity contribution is 0.0779. The second kappa shape index (κ2) is 6.26. The highest BCUT2D eigenvalue weighted by molar-refractivity contribution is 5.94. The lowest BCUT2D eigenvalue weighted by Gasteiger charge is -2.27. The molecule has 2 aliphatic rings. The predicted octanol–water partition coefficient (Wildman–Crippen LogP) is 2.74. The van der Waals surface area contributed by atoms with Gasteiger partial charge in [-0.2, -0.15) is 0 Å². The maximum Gasteiger partial charge on any atom is 0.256 e. The maximum atomic E-state index is 14.1. The fraction of sp³-hybridized carbons (Fsp3) is 0.300. The molecule has 2 aromatic heterocycles. The van der Waals surface area contributed by atoms with Crippen LogP contribution in [0.15, 0.2) is 48.8 Å². The molecule has 1 amide bonds. The molecule has 0 unspecified atom stereocenters. The number of carbonyl (C=O) groups is 1. The molecule has 5 rings (SSSR count). The number of benzene rings is 1. The maximum absolute atomic E-state index is 14.1. The van der Waals surface area contributed by atoms with Crippen molar-refractivity contribution in [1.82, 2.24) is 24.6 Å². The molecule has 7 heteroatoms. The van der Waals surface area contributed by atoms with Gasteiger partial charge in [0.05, 0.1) is 11.6 Å². The zero-order chi connectivity index (χ0) is 18.4. The third-order valence-electron chi connectivity index (χ3n) is 5.57. The highest BCUT2D eigenvalue weighted by Crippen LogP contribution is 2.39. The van der Waals surface area contributed by atoms with E-state index in [0.717, 1.165) is 30.1 Å². The van der Waals surface area contributed by atoms with E-state index in [0.29, 0.717) is 19.0 Å². The van der Waals surface area contributed by atoms with Crippen molar-refractivity contribution in [1.29, 1.82) is 0 Å². The van der Waals surface area contributed by atoms with Crippen molar-refractivity contribution in [3.63, 3.8) is 0 Å². The predicted molar refractivity (Wildman–Crippen MR) is 96.4 cm³/mol. The molecular weight excluding hydrogens is 345 g/mol. The van der Waals surface area contributed by atoms with Crippen molar-refractivity contribution >= 4 is 5.91 Å². The summed E-state index contributed by atoms with van der Waals surface area (Å²) in [5, 5.41) is 8.76. The molecular formula is C20H18FN5O. The van der Waals surface area contributed by atoms with E-state index in [1.165, 1.54) is 6.07 Å². The van der Waals surface area contributed by atoms with Crippen LogP contribution < -0.4 is 0 Å². The van der Waals surface area contributed by atoms with Crippen molar-refractivity contribution in [2.24, 2.45) is 5.92 Å². The number of carbonyl (C=O) groups excluding carboxylic acids is 1. The lowest BCUT2D eigenvalue weighted by atomic mass is 9.93. The van der Waals surface area contributed by atoms with Gasteiger partial charge in [0.2, 0.25) is 0 Å². The summed E-state index contributed by atoms with van der Waals surface area (Å²) in [4.78, 5) is 18.7. The van der Waals surface area contributed by atoms with E-state index < -0.39 is 5.82 Å². The van der Waals surface area contributed by atoms with E-state index >= 15 is 0 Å². The summed E-state index contributed by atoms with van der Waals surface area (Å²) in [5.74, 6) is 1.36. The van der Waals surface area contributed by atoms with Gasteiger partial charge in [0.25, 0.3) is 5.91 Å². The van der Waals surface area contributed by atoms with Crippen LogP contribution in [0.2, 0.25) is 0 Å². The molecule has 4 heterocycles. The highest BCUT2D eigenvalue weighted by Gasteiger charge is 2.41. The SMILES string of the molecule is O=C(c1ccccc1F)N1C[C@H]2CCc3nnc(-c4ccncc4)n3[C@H]2C1. The van der Waals surface area contributed by atoms with Gasteiger partial charge in [-0.25, -0.2) is 4.39 Å². The smallest absolute Gasteiger partial charge is 0.256 e. The summed E-state index contributed by atoms with van der Waals surface area (Å²) in [5.41, 5.74) is 1.10. The Morgan fingerprint density at radius 1 is 1.07 bits per heavy atom. The molecule has 6 nitrogen and oxygen atoms in total. The van der Waals surface area contributed by atoms with E-state index in [-0.39, 0.29) is 17.5 Å². The molecule has 0 radical (unpaired) electrons. The molecule has 2 atom stereocenters. The van der Waals surface area contributed by atoms with E-state index in [9.17, 15) is 9.18 Å². The zero-order valence-electron chi connectivity index (χ0n) is 14.6. The first-order valence-corrected chi connectivity index (χ1v) is 9.10. The van der Waals surface area contributed by atoms with Crippen LogP contribution >= 0.6 is 0 Å². The first-order chi connectivity index (χ1) is 13.2. The van der Waals surface area contributed by atoms with Crippen molar-refractivity contribution in [2.45, 2.75) is 18.9 Å². The third kappa shape index (κ3) is 2.61. The fourth-order valence-electron chi connectivity index (χ4n) is 4.26. The molecule has 1 saturated heterocycles. The third-order valence-corrected chi connectivity index (χ3v) is 5.57. The van der Waals surface area contributed by atoms with Crippen LogP contribution in [0.4, 0.5) is 4.39 Å². The van der Waals surface area contributed by atoms with Gasteiger partial charge in [-0.05, 0) is 36.6 Å². The van der Waals surface area contributed by atoms with Crippen molar-refractivity contribution in [2.75, 3.05) is 13.1 Å². The molecule has 27 heavy (non-hydrogen) atoms. The van der Waals surface area contributed by atoms with Gasteiger partial charge >= 0.3 is 0 Å². The minimum atomic E-state index is -0.472. The van der Waals surface area contributed by atoms with E-state index in [1.807, 2.05) is 12.1 Å². The van der Waals surface area contributed by atoms with Crippen LogP contribution in [0.3, 0.4) is 0 Å². The first-order valence-electron chi connectivity index (χ1n) is 9.10. The Morgan fingerprint density at radius 3 is 2.70 bits per heavy atom. The molecule has 1 aromatic carbocycles.